The number of fused-ring (bicyclic) bond motifs is 1. The molecule has 1 aliphatic carbocycles. The van der Waals surface area contributed by atoms with Crippen molar-refractivity contribution >= 4 is 24.1 Å². The maximum absolute atomic E-state index is 10.1. The van der Waals surface area contributed by atoms with E-state index in [9.17, 15) is 5.11 Å². The van der Waals surface area contributed by atoms with E-state index >= 15 is 0 Å². The fraction of sp³-hybridized carbons (Fsp3) is 0.389. The van der Waals surface area contributed by atoms with Crippen LogP contribution in [0.1, 0.15) is 44.2 Å². The van der Waals surface area contributed by atoms with Crippen LogP contribution < -0.4 is 15.9 Å². The SMILES string of the molecule is Oc1nc(NC2CCCCCC2)[nH]c1/C=c1\ccc2c(c1)N=CN=2. The first-order valence-electron chi connectivity index (χ1n) is 8.55. The molecular formula is C18H21N5O. The first-order chi connectivity index (χ1) is 11.8. The third kappa shape index (κ3) is 3.18. The van der Waals surface area contributed by atoms with Gasteiger partial charge in [-0.1, -0.05) is 31.7 Å². The Labute approximate surface area is 140 Å². The van der Waals surface area contributed by atoms with Gasteiger partial charge in [0.05, 0.1) is 11.0 Å². The number of aliphatic imine (C=N–C) groups is 1. The highest BCUT2D eigenvalue weighted by molar-refractivity contribution is 5.67. The normalized spacial score (nSPS) is 18.2. The topological polar surface area (TPSA) is 85.7 Å². The molecule has 1 aromatic carbocycles. The highest BCUT2D eigenvalue weighted by Gasteiger charge is 2.14. The van der Waals surface area contributed by atoms with E-state index in [-0.39, 0.29) is 5.88 Å². The second-order valence-electron chi connectivity index (χ2n) is 6.42. The molecule has 3 N–H and O–H groups in total. The fourth-order valence-electron chi connectivity index (χ4n) is 3.33. The molecule has 0 unspecified atom stereocenters. The Bertz CT molecular complexity index is 875. The maximum atomic E-state index is 10.1. The molecule has 0 amide bonds. The molecule has 0 radical (unpaired) electrons. The number of benzene rings is 1. The molecule has 1 saturated carbocycles. The zero-order chi connectivity index (χ0) is 16.4. The van der Waals surface area contributed by atoms with Crippen LogP contribution in [0.4, 0.5) is 11.6 Å². The number of imidazole rings is 1. The van der Waals surface area contributed by atoms with Crippen LogP contribution in [0, 0.1) is 0 Å². The number of rotatable bonds is 3. The summed E-state index contributed by atoms with van der Waals surface area (Å²) in [5.74, 6) is 0.652. The molecule has 0 bridgehead atoms. The van der Waals surface area contributed by atoms with E-state index in [0.29, 0.717) is 17.7 Å². The van der Waals surface area contributed by atoms with Gasteiger partial charge in [-0.2, -0.15) is 4.98 Å². The highest BCUT2D eigenvalue weighted by Crippen LogP contribution is 2.22. The van der Waals surface area contributed by atoms with E-state index < -0.39 is 0 Å². The van der Waals surface area contributed by atoms with Gasteiger partial charge in [0.2, 0.25) is 11.8 Å². The van der Waals surface area contributed by atoms with Gasteiger partial charge >= 0.3 is 0 Å². The first-order valence-corrected chi connectivity index (χ1v) is 8.55. The van der Waals surface area contributed by atoms with E-state index in [0.717, 1.165) is 29.1 Å². The number of nitrogens with one attached hydrogen (secondary N) is 2. The molecule has 2 heterocycles. The number of aromatic amines is 1. The summed E-state index contributed by atoms with van der Waals surface area (Å²) >= 11 is 0. The van der Waals surface area contributed by atoms with Crippen molar-refractivity contribution in [3.63, 3.8) is 0 Å². The Kier molecular flexibility index (Phi) is 4.02. The van der Waals surface area contributed by atoms with Crippen molar-refractivity contribution in [3.05, 3.63) is 34.5 Å². The van der Waals surface area contributed by atoms with Crippen molar-refractivity contribution in [2.75, 3.05) is 5.32 Å². The molecule has 1 fully saturated rings. The van der Waals surface area contributed by atoms with Crippen molar-refractivity contribution in [1.82, 2.24) is 9.97 Å². The first kappa shape index (κ1) is 14.9. The van der Waals surface area contributed by atoms with E-state index in [4.69, 9.17) is 0 Å². The largest absolute Gasteiger partial charge is 0.492 e. The summed E-state index contributed by atoms with van der Waals surface area (Å²) in [6.45, 7) is 0. The number of aromatic hydroxyl groups is 1. The average Bonchev–Trinajstić information content (AvgIpc) is 3.07. The van der Waals surface area contributed by atoms with Gasteiger partial charge < -0.3 is 15.4 Å². The molecular weight excluding hydrogens is 302 g/mol. The molecule has 1 aliphatic heterocycles. The lowest BCUT2D eigenvalue weighted by Gasteiger charge is -2.14. The Morgan fingerprint density at radius 3 is 2.83 bits per heavy atom. The zero-order valence-electron chi connectivity index (χ0n) is 13.5. The van der Waals surface area contributed by atoms with E-state index in [1.54, 1.807) is 6.34 Å². The predicted molar refractivity (Wildman–Crippen MR) is 94.3 cm³/mol. The van der Waals surface area contributed by atoms with Crippen LogP contribution in [0.3, 0.4) is 0 Å². The standard InChI is InChI=1S/C18H21N5O/c24-17-16(10-12-7-8-14-15(9-12)20-11-19-14)22-18(23-17)21-13-5-3-1-2-4-6-13/h7-11,13,24H,1-6H2,(H2,21,22,23)/b12-10+. The smallest absolute Gasteiger partial charge is 0.238 e. The summed E-state index contributed by atoms with van der Waals surface area (Å²) in [7, 11) is 0. The lowest BCUT2D eigenvalue weighted by Crippen LogP contribution is -2.19. The molecule has 2 aliphatic rings. The number of nitrogens with zero attached hydrogens (tertiary/aromatic N) is 3. The third-order valence-corrected chi connectivity index (χ3v) is 4.61. The Hall–Kier alpha value is -2.63. The summed E-state index contributed by atoms with van der Waals surface area (Å²) in [6, 6.07) is 6.25. The van der Waals surface area contributed by atoms with Crippen molar-refractivity contribution in [3.8, 4) is 5.88 Å². The molecule has 2 aromatic rings. The van der Waals surface area contributed by atoms with Crippen molar-refractivity contribution in [1.29, 1.82) is 0 Å². The van der Waals surface area contributed by atoms with Gasteiger partial charge in [-0.15, -0.1) is 0 Å². The van der Waals surface area contributed by atoms with Crippen LogP contribution >= 0.6 is 0 Å². The predicted octanol–water partition coefficient (Wildman–Crippen LogP) is 2.37. The van der Waals surface area contributed by atoms with Crippen LogP contribution in [0.5, 0.6) is 5.88 Å². The van der Waals surface area contributed by atoms with Crippen LogP contribution in [0.15, 0.2) is 28.2 Å². The lowest BCUT2D eigenvalue weighted by atomic mass is 10.1. The van der Waals surface area contributed by atoms with Gasteiger partial charge in [0, 0.05) is 6.04 Å². The van der Waals surface area contributed by atoms with Gasteiger partial charge in [0.15, 0.2) is 0 Å². The zero-order valence-corrected chi connectivity index (χ0v) is 13.5. The molecule has 0 atom stereocenters. The summed E-state index contributed by atoms with van der Waals surface area (Å²) < 4.78 is 0. The minimum atomic E-state index is 0.0137. The second-order valence-corrected chi connectivity index (χ2v) is 6.42. The lowest BCUT2D eigenvalue weighted by molar-refractivity contribution is 0.455. The summed E-state index contributed by atoms with van der Waals surface area (Å²) in [6.07, 6.45) is 10.9. The monoisotopic (exact) mass is 323 g/mol. The summed E-state index contributed by atoms with van der Waals surface area (Å²) in [5, 5.41) is 15.4. The van der Waals surface area contributed by atoms with Crippen LogP contribution in [-0.4, -0.2) is 27.5 Å². The van der Waals surface area contributed by atoms with Gasteiger partial charge in [0.1, 0.15) is 12.0 Å². The number of aromatic nitrogens is 2. The van der Waals surface area contributed by atoms with Crippen molar-refractivity contribution < 1.29 is 5.11 Å². The Balaban J connectivity index is 1.56. The Morgan fingerprint density at radius 1 is 1.17 bits per heavy atom. The number of hydrogen-bond donors (Lipinski definition) is 3. The van der Waals surface area contributed by atoms with Gasteiger partial charge in [-0.3, -0.25) is 0 Å². The molecule has 24 heavy (non-hydrogen) atoms. The minimum absolute atomic E-state index is 0.0137. The van der Waals surface area contributed by atoms with Crippen molar-refractivity contribution in [2.24, 2.45) is 9.98 Å². The average molecular weight is 323 g/mol. The molecule has 4 rings (SSSR count). The van der Waals surface area contributed by atoms with E-state index in [1.807, 2.05) is 24.3 Å². The molecule has 0 spiro atoms. The van der Waals surface area contributed by atoms with Gasteiger partial charge in [-0.05, 0) is 36.3 Å². The summed E-state index contributed by atoms with van der Waals surface area (Å²) in [4.78, 5) is 15.7. The minimum Gasteiger partial charge on any atom is -0.492 e. The molecule has 0 saturated heterocycles. The Morgan fingerprint density at radius 2 is 2.00 bits per heavy atom. The number of H-pyrrole nitrogens is 1. The maximum Gasteiger partial charge on any atom is 0.238 e. The molecule has 1 aromatic heterocycles. The second kappa shape index (κ2) is 6.47. The fourth-order valence-corrected chi connectivity index (χ4v) is 3.33. The van der Waals surface area contributed by atoms with Crippen molar-refractivity contribution in [2.45, 2.75) is 44.6 Å². The van der Waals surface area contributed by atoms with Crippen LogP contribution in [0.25, 0.3) is 6.08 Å². The van der Waals surface area contributed by atoms with E-state index in [1.165, 1.54) is 25.7 Å². The molecule has 6 nitrogen and oxygen atoms in total. The van der Waals surface area contributed by atoms with Crippen LogP contribution in [-0.2, 0) is 0 Å². The quantitative estimate of drug-likeness (QED) is 0.758. The van der Waals surface area contributed by atoms with Gasteiger partial charge in [0.25, 0.3) is 0 Å². The number of anilines is 1. The number of hydrogen-bond acceptors (Lipinski definition) is 5. The molecule has 124 valence electrons. The summed E-state index contributed by atoms with van der Waals surface area (Å²) in [5.41, 5.74) is 1.45. The third-order valence-electron chi connectivity index (χ3n) is 4.61. The highest BCUT2D eigenvalue weighted by atomic mass is 16.3. The molecule has 6 heteroatoms. The van der Waals surface area contributed by atoms with E-state index in [2.05, 4.69) is 25.3 Å². The van der Waals surface area contributed by atoms with Gasteiger partial charge in [-0.25, -0.2) is 9.98 Å². The van der Waals surface area contributed by atoms with Crippen LogP contribution in [0.2, 0.25) is 0 Å².